The van der Waals surface area contributed by atoms with E-state index in [0.717, 1.165) is 18.8 Å². The fourth-order valence-electron chi connectivity index (χ4n) is 1.34. The van der Waals surface area contributed by atoms with Crippen LogP contribution in [0.4, 0.5) is 0 Å². The molecule has 0 amide bonds. The third-order valence-electron chi connectivity index (χ3n) is 1.98. The van der Waals surface area contributed by atoms with Gasteiger partial charge in [-0.3, -0.25) is 4.68 Å². The first kappa shape index (κ1) is 9.43. The minimum absolute atomic E-state index is 0.830. The lowest BCUT2D eigenvalue weighted by Gasteiger charge is -1.98. The first-order valence-electron chi connectivity index (χ1n) is 4.56. The number of hydrogen-bond donors (Lipinski definition) is 1. The summed E-state index contributed by atoms with van der Waals surface area (Å²) >= 11 is 1.72. The molecule has 3 nitrogen and oxygen atoms in total. The van der Waals surface area contributed by atoms with E-state index >= 15 is 0 Å². The van der Waals surface area contributed by atoms with E-state index in [-0.39, 0.29) is 0 Å². The van der Waals surface area contributed by atoms with Crippen molar-refractivity contribution in [2.24, 2.45) is 0 Å². The Morgan fingerprint density at radius 1 is 1.50 bits per heavy atom. The van der Waals surface area contributed by atoms with Crippen LogP contribution in [-0.4, -0.2) is 16.8 Å². The standard InChI is InChI=1S/C10H13N3S/c1-11-6-10-2-4-13(12-10)7-9-3-5-14-8-9/h2-5,8,11H,6-7H2,1H3. The smallest absolute Gasteiger partial charge is 0.0762 e. The van der Waals surface area contributed by atoms with Crippen molar-refractivity contribution < 1.29 is 0 Å². The number of nitrogens with zero attached hydrogens (tertiary/aromatic N) is 2. The average Bonchev–Trinajstić information content (AvgIpc) is 2.79. The van der Waals surface area contributed by atoms with Gasteiger partial charge in [-0.15, -0.1) is 0 Å². The molecule has 0 radical (unpaired) electrons. The maximum atomic E-state index is 4.43. The second-order valence-corrected chi connectivity index (χ2v) is 3.95. The summed E-state index contributed by atoms with van der Waals surface area (Å²) in [6.45, 7) is 1.70. The van der Waals surface area contributed by atoms with Crippen molar-refractivity contribution in [3.05, 3.63) is 40.3 Å². The van der Waals surface area contributed by atoms with Crippen LogP contribution in [0.5, 0.6) is 0 Å². The van der Waals surface area contributed by atoms with Crippen LogP contribution in [0.25, 0.3) is 0 Å². The van der Waals surface area contributed by atoms with Gasteiger partial charge in [-0.25, -0.2) is 0 Å². The van der Waals surface area contributed by atoms with Crippen LogP contribution < -0.4 is 5.32 Å². The van der Waals surface area contributed by atoms with Gasteiger partial charge in [0.25, 0.3) is 0 Å². The van der Waals surface area contributed by atoms with Gasteiger partial charge in [0.2, 0.25) is 0 Å². The Morgan fingerprint density at radius 2 is 2.43 bits per heavy atom. The molecule has 0 unspecified atom stereocenters. The fourth-order valence-corrected chi connectivity index (χ4v) is 2.00. The summed E-state index contributed by atoms with van der Waals surface area (Å²) in [6.07, 6.45) is 2.02. The summed E-state index contributed by atoms with van der Waals surface area (Å²) in [5.41, 5.74) is 2.40. The summed E-state index contributed by atoms with van der Waals surface area (Å²) in [4.78, 5) is 0. The van der Waals surface area contributed by atoms with Gasteiger partial charge in [-0.2, -0.15) is 16.4 Å². The van der Waals surface area contributed by atoms with Crippen molar-refractivity contribution >= 4 is 11.3 Å². The SMILES string of the molecule is CNCc1ccn(Cc2ccsc2)n1. The lowest BCUT2D eigenvalue weighted by molar-refractivity contribution is 0.660. The molecule has 0 atom stereocenters. The molecule has 0 aliphatic heterocycles. The van der Waals surface area contributed by atoms with Crippen molar-refractivity contribution in [1.29, 1.82) is 0 Å². The summed E-state index contributed by atoms with van der Waals surface area (Å²) < 4.78 is 1.97. The molecule has 14 heavy (non-hydrogen) atoms. The zero-order chi connectivity index (χ0) is 9.80. The van der Waals surface area contributed by atoms with Crippen LogP contribution in [0.15, 0.2) is 29.1 Å². The molecule has 0 aromatic carbocycles. The van der Waals surface area contributed by atoms with Crippen molar-refractivity contribution in [2.45, 2.75) is 13.1 Å². The van der Waals surface area contributed by atoms with Crippen molar-refractivity contribution in [3.63, 3.8) is 0 Å². The van der Waals surface area contributed by atoms with E-state index in [9.17, 15) is 0 Å². The lowest BCUT2D eigenvalue weighted by Crippen LogP contribution is -2.07. The van der Waals surface area contributed by atoms with Crippen molar-refractivity contribution in [3.8, 4) is 0 Å². The highest BCUT2D eigenvalue weighted by molar-refractivity contribution is 7.07. The third kappa shape index (κ3) is 2.21. The second-order valence-electron chi connectivity index (χ2n) is 3.17. The molecular formula is C10H13N3S. The largest absolute Gasteiger partial charge is 0.314 e. The molecule has 2 rings (SSSR count). The maximum Gasteiger partial charge on any atom is 0.0762 e. The van der Waals surface area contributed by atoms with E-state index in [1.165, 1.54) is 5.56 Å². The maximum absolute atomic E-state index is 4.43. The Bertz CT molecular complexity index is 378. The predicted molar refractivity (Wildman–Crippen MR) is 58.4 cm³/mol. The van der Waals surface area contributed by atoms with E-state index in [1.54, 1.807) is 11.3 Å². The molecule has 0 spiro atoms. The molecular weight excluding hydrogens is 194 g/mol. The van der Waals surface area contributed by atoms with Crippen LogP contribution in [0, 0.1) is 0 Å². The number of rotatable bonds is 4. The normalized spacial score (nSPS) is 10.6. The first-order chi connectivity index (χ1) is 6.88. The lowest BCUT2D eigenvalue weighted by atomic mass is 10.3. The molecule has 0 bridgehead atoms. The fraction of sp³-hybridized carbons (Fsp3) is 0.300. The van der Waals surface area contributed by atoms with Crippen LogP contribution in [0.2, 0.25) is 0 Å². The van der Waals surface area contributed by atoms with Crippen molar-refractivity contribution in [1.82, 2.24) is 15.1 Å². The number of aromatic nitrogens is 2. The molecule has 0 aliphatic carbocycles. The van der Waals surface area contributed by atoms with Gasteiger partial charge in [-0.05, 0) is 35.5 Å². The zero-order valence-electron chi connectivity index (χ0n) is 8.10. The van der Waals surface area contributed by atoms with E-state index in [2.05, 4.69) is 27.2 Å². The minimum atomic E-state index is 0.830. The minimum Gasteiger partial charge on any atom is -0.314 e. The van der Waals surface area contributed by atoms with E-state index in [0.29, 0.717) is 0 Å². The molecule has 0 saturated heterocycles. The van der Waals surface area contributed by atoms with Gasteiger partial charge >= 0.3 is 0 Å². The highest BCUT2D eigenvalue weighted by Gasteiger charge is 1.98. The second kappa shape index (κ2) is 4.39. The van der Waals surface area contributed by atoms with E-state index in [4.69, 9.17) is 0 Å². The monoisotopic (exact) mass is 207 g/mol. The molecule has 74 valence electrons. The number of thiophene rings is 1. The first-order valence-corrected chi connectivity index (χ1v) is 5.51. The Labute approximate surface area is 87.4 Å². The Kier molecular flexibility index (Phi) is 2.96. The van der Waals surface area contributed by atoms with Gasteiger partial charge < -0.3 is 5.32 Å². The highest BCUT2D eigenvalue weighted by Crippen LogP contribution is 2.07. The Hall–Kier alpha value is -1.13. The number of hydrogen-bond acceptors (Lipinski definition) is 3. The van der Waals surface area contributed by atoms with E-state index in [1.807, 2.05) is 24.0 Å². The van der Waals surface area contributed by atoms with Gasteiger partial charge in [0.1, 0.15) is 0 Å². The molecule has 2 aromatic rings. The Balaban J connectivity index is 2.03. The average molecular weight is 207 g/mol. The van der Waals surface area contributed by atoms with E-state index < -0.39 is 0 Å². The Morgan fingerprint density at radius 3 is 3.14 bits per heavy atom. The molecule has 4 heteroatoms. The van der Waals surface area contributed by atoms with Crippen LogP contribution in [0.1, 0.15) is 11.3 Å². The van der Waals surface area contributed by atoms with Gasteiger partial charge in [0.05, 0.1) is 12.2 Å². The predicted octanol–water partition coefficient (Wildman–Crippen LogP) is 1.71. The highest BCUT2D eigenvalue weighted by atomic mass is 32.1. The summed E-state index contributed by atoms with van der Waals surface area (Å²) in [5, 5.41) is 11.8. The van der Waals surface area contributed by atoms with Gasteiger partial charge in [-0.1, -0.05) is 0 Å². The quantitative estimate of drug-likeness (QED) is 0.827. The summed E-state index contributed by atoms with van der Waals surface area (Å²) in [6, 6.07) is 4.17. The molecule has 0 fully saturated rings. The van der Waals surface area contributed by atoms with Crippen LogP contribution in [0.3, 0.4) is 0 Å². The number of nitrogens with one attached hydrogen (secondary N) is 1. The molecule has 1 N–H and O–H groups in total. The van der Waals surface area contributed by atoms with Crippen LogP contribution in [-0.2, 0) is 13.1 Å². The zero-order valence-corrected chi connectivity index (χ0v) is 8.92. The topological polar surface area (TPSA) is 29.9 Å². The van der Waals surface area contributed by atoms with Crippen molar-refractivity contribution in [2.75, 3.05) is 7.05 Å². The van der Waals surface area contributed by atoms with Crippen LogP contribution >= 0.6 is 11.3 Å². The molecule has 2 aromatic heterocycles. The van der Waals surface area contributed by atoms with Gasteiger partial charge in [0, 0.05) is 12.7 Å². The summed E-state index contributed by atoms with van der Waals surface area (Å²) in [5.74, 6) is 0. The molecule has 0 aliphatic rings. The molecule has 2 heterocycles. The van der Waals surface area contributed by atoms with Gasteiger partial charge in [0.15, 0.2) is 0 Å². The summed E-state index contributed by atoms with van der Waals surface area (Å²) in [7, 11) is 1.93. The molecule has 0 saturated carbocycles. The third-order valence-corrected chi connectivity index (χ3v) is 2.71.